The second-order valence-electron chi connectivity index (χ2n) is 8.28. The summed E-state index contributed by atoms with van der Waals surface area (Å²) in [6, 6.07) is 3.91. The van der Waals surface area contributed by atoms with Crippen molar-refractivity contribution < 1.29 is 41.9 Å². The van der Waals surface area contributed by atoms with Crippen molar-refractivity contribution in [3.8, 4) is 0 Å². The predicted molar refractivity (Wildman–Crippen MR) is 131 cm³/mol. The van der Waals surface area contributed by atoms with Gasteiger partial charge in [-0.2, -0.15) is 0 Å². The second kappa shape index (κ2) is 13.7. The zero-order chi connectivity index (χ0) is 27.6. The summed E-state index contributed by atoms with van der Waals surface area (Å²) in [5, 5.41) is 5.00. The van der Waals surface area contributed by atoms with Gasteiger partial charge in [0, 0.05) is 19.4 Å². The molecule has 0 saturated carbocycles. The van der Waals surface area contributed by atoms with E-state index in [0.717, 1.165) is 4.31 Å². The summed E-state index contributed by atoms with van der Waals surface area (Å²) in [5.41, 5.74) is 0.128. The number of fused-ring (bicyclic) bond motifs is 1. The predicted octanol–water partition coefficient (Wildman–Crippen LogP) is 0.897. The Morgan fingerprint density at radius 1 is 0.973 bits per heavy atom. The molecular formula is C24H33N3O9S. The molecule has 37 heavy (non-hydrogen) atoms. The number of carbonyl (C=O) groups excluding carboxylic acids is 5. The van der Waals surface area contributed by atoms with Crippen LogP contribution in [-0.2, 0) is 38.7 Å². The first-order chi connectivity index (χ1) is 17.5. The van der Waals surface area contributed by atoms with Gasteiger partial charge in [-0.1, -0.05) is 12.1 Å². The Labute approximate surface area is 216 Å². The van der Waals surface area contributed by atoms with Crippen molar-refractivity contribution in [1.29, 1.82) is 0 Å². The molecule has 3 amide bonds. The van der Waals surface area contributed by atoms with Crippen molar-refractivity contribution in [2.75, 3.05) is 19.8 Å². The summed E-state index contributed by atoms with van der Waals surface area (Å²) in [6.45, 7) is 4.91. The van der Waals surface area contributed by atoms with Crippen molar-refractivity contribution in [1.82, 2.24) is 14.9 Å². The summed E-state index contributed by atoms with van der Waals surface area (Å²) in [6.07, 6.45) is 0.411. The molecular weight excluding hydrogens is 506 g/mol. The van der Waals surface area contributed by atoms with Crippen LogP contribution in [0.2, 0.25) is 0 Å². The molecule has 1 aromatic carbocycles. The van der Waals surface area contributed by atoms with Gasteiger partial charge < -0.3 is 20.1 Å². The molecule has 0 unspecified atom stereocenters. The summed E-state index contributed by atoms with van der Waals surface area (Å²) in [4.78, 5) is 61.0. The fraction of sp³-hybridized carbons (Fsp3) is 0.542. The highest BCUT2D eigenvalue weighted by molar-refractivity contribution is 7.90. The first-order valence-corrected chi connectivity index (χ1v) is 13.5. The van der Waals surface area contributed by atoms with Crippen LogP contribution in [0.3, 0.4) is 0 Å². The second-order valence-corrected chi connectivity index (χ2v) is 10.1. The fourth-order valence-electron chi connectivity index (χ4n) is 3.66. The van der Waals surface area contributed by atoms with Crippen molar-refractivity contribution in [3.63, 3.8) is 0 Å². The molecule has 204 valence electrons. The molecule has 12 nitrogen and oxygen atoms in total. The lowest BCUT2D eigenvalue weighted by atomic mass is 10.1. The molecule has 13 heteroatoms. The zero-order valence-electron chi connectivity index (χ0n) is 21.2. The average Bonchev–Trinajstić information content (AvgIpc) is 3.04. The Balaban J connectivity index is 1.80. The molecule has 1 aliphatic heterocycles. The lowest BCUT2D eigenvalue weighted by Crippen LogP contribution is -2.50. The van der Waals surface area contributed by atoms with Gasteiger partial charge >= 0.3 is 11.9 Å². The molecule has 0 aromatic heterocycles. The first kappa shape index (κ1) is 29.7. The van der Waals surface area contributed by atoms with E-state index in [4.69, 9.17) is 9.47 Å². The smallest absolute Gasteiger partial charge is 0.328 e. The Hall–Kier alpha value is -3.48. The van der Waals surface area contributed by atoms with Gasteiger partial charge in [0.1, 0.15) is 17.0 Å². The van der Waals surface area contributed by atoms with Crippen LogP contribution in [0.25, 0.3) is 0 Å². The van der Waals surface area contributed by atoms with Crippen LogP contribution in [0.1, 0.15) is 63.2 Å². The van der Waals surface area contributed by atoms with E-state index in [9.17, 15) is 32.4 Å². The fourth-order valence-corrected chi connectivity index (χ4v) is 5.26. The SMILES string of the molecule is CCOC(=O)CC[C@@H](NC(=O)[C@H](C)NC(=O)CCCCN1C(=O)c2ccccc2S1(=O)=O)C(=O)OCC. The molecule has 0 spiro atoms. The number of amides is 3. The van der Waals surface area contributed by atoms with Crippen LogP contribution in [-0.4, -0.2) is 74.2 Å². The molecule has 2 atom stereocenters. The van der Waals surface area contributed by atoms with Gasteiger partial charge in [-0.15, -0.1) is 0 Å². The van der Waals surface area contributed by atoms with Gasteiger partial charge in [0.25, 0.3) is 15.9 Å². The Kier molecular flexibility index (Phi) is 11.0. The number of rotatable bonds is 14. The van der Waals surface area contributed by atoms with Gasteiger partial charge in [-0.05, 0) is 52.2 Å². The highest BCUT2D eigenvalue weighted by Gasteiger charge is 2.40. The van der Waals surface area contributed by atoms with Crippen LogP contribution in [0.15, 0.2) is 29.2 Å². The largest absolute Gasteiger partial charge is 0.466 e. The number of nitrogens with zero attached hydrogens (tertiary/aromatic N) is 1. The molecule has 1 aromatic rings. The van der Waals surface area contributed by atoms with Crippen LogP contribution in [0.4, 0.5) is 0 Å². The summed E-state index contributed by atoms with van der Waals surface area (Å²) >= 11 is 0. The van der Waals surface area contributed by atoms with Gasteiger partial charge in [-0.25, -0.2) is 17.5 Å². The number of esters is 2. The minimum Gasteiger partial charge on any atom is -0.466 e. The highest BCUT2D eigenvalue weighted by atomic mass is 32.2. The van der Waals surface area contributed by atoms with Gasteiger partial charge in [-0.3, -0.25) is 19.2 Å². The molecule has 0 saturated heterocycles. The summed E-state index contributed by atoms with van der Waals surface area (Å²) < 4.78 is 35.7. The van der Waals surface area contributed by atoms with Crippen LogP contribution in [0, 0.1) is 0 Å². The third-order valence-corrected chi connectivity index (χ3v) is 7.37. The number of hydrogen-bond acceptors (Lipinski definition) is 9. The molecule has 0 aliphatic carbocycles. The minimum absolute atomic E-state index is 0.00316. The molecule has 0 radical (unpaired) electrons. The third-order valence-electron chi connectivity index (χ3n) is 5.53. The molecule has 0 fully saturated rings. The van der Waals surface area contributed by atoms with E-state index in [1.54, 1.807) is 26.0 Å². The Morgan fingerprint density at radius 2 is 1.65 bits per heavy atom. The van der Waals surface area contributed by atoms with Gasteiger partial charge in [0.2, 0.25) is 11.8 Å². The van der Waals surface area contributed by atoms with E-state index in [1.165, 1.54) is 19.1 Å². The molecule has 2 N–H and O–H groups in total. The Bertz CT molecular complexity index is 1120. The van der Waals surface area contributed by atoms with Crippen LogP contribution >= 0.6 is 0 Å². The minimum atomic E-state index is -3.90. The summed E-state index contributed by atoms with van der Waals surface area (Å²) in [7, 11) is -3.90. The average molecular weight is 540 g/mol. The molecule has 1 aliphatic rings. The number of carbonyl (C=O) groups is 5. The van der Waals surface area contributed by atoms with Crippen molar-refractivity contribution >= 4 is 39.7 Å². The number of sulfonamides is 1. The van der Waals surface area contributed by atoms with E-state index in [-0.39, 0.29) is 62.3 Å². The third kappa shape index (κ3) is 8.00. The zero-order valence-corrected chi connectivity index (χ0v) is 22.0. The number of benzene rings is 1. The number of nitrogens with one attached hydrogen (secondary N) is 2. The topological polar surface area (TPSA) is 165 Å². The normalized spacial score (nSPS) is 15.3. The number of hydrogen-bond donors (Lipinski definition) is 2. The van der Waals surface area contributed by atoms with Gasteiger partial charge in [0.15, 0.2) is 0 Å². The maximum atomic E-state index is 12.6. The lowest BCUT2D eigenvalue weighted by molar-refractivity contribution is -0.149. The number of unbranched alkanes of at least 4 members (excludes halogenated alkanes) is 1. The van der Waals surface area contributed by atoms with E-state index in [0.29, 0.717) is 0 Å². The van der Waals surface area contributed by atoms with Crippen molar-refractivity contribution in [2.24, 2.45) is 0 Å². The quantitative estimate of drug-likeness (QED) is 0.258. The van der Waals surface area contributed by atoms with Crippen molar-refractivity contribution in [2.45, 2.75) is 69.9 Å². The monoisotopic (exact) mass is 539 g/mol. The van der Waals surface area contributed by atoms with E-state index in [1.807, 2.05) is 0 Å². The van der Waals surface area contributed by atoms with Gasteiger partial charge in [0.05, 0.1) is 18.8 Å². The molecule has 2 rings (SSSR count). The molecule has 1 heterocycles. The standard InChI is InChI=1S/C24H33N3O9S/c1-4-35-21(29)14-13-18(24(32)36-5-2)26-22(30)16(3)25-20(28)12-8-9-15-27-23(31)17-10-6-7-11-19(17)37(27,33)34/h6-7,10-11,16,18H,4-5,8-9,12-15H2,1-3H3,(H,25,28)(H,26,30)/t16-,18+/m0/s1. The highest BCUT2D eigenvalue weighted by Crippen LogP contribution is 2.30. The maximum Gasteiger partial charge on any atom is 0.328 e. The van der Waals surface area contributed by atoms with Crippen molar-refractivity contribution in [3.05, 3.63) is 29.8 Å². The lowest BCUT2D eigenvalue weighted by Gasteiger charge is -2.20. The van der Waals surface area contributed by atoms with E-state index < -0.39 is 51.8 Å². The Morgan fingerprint density at radius 3 is 2.30 bits per heavy atom. The van der Waals surface area contributed by atoms with Crippen LogP contribution < -0.4 is 10.6 Å². The maximum absolute atomic E-state index is 12.6. The van der Waals surface area contributed by atoms with E-state index >= 15 is 0 Å². The van der Waals surface area contributed by atoms with E-state index in [2.05, 4.69) is 10.6 Å². The first-order valence-electron chi connectivity index (χ1n) is 12.1. The summed E-state index contributed by atoms with van der Waals surface area (Å²) in [5.74, 6) is -2.90. The van der Waals surface area contributed by atoms with Crippen LogP contribution in [0.5, 0.6) is 0 Å². The molecule has 0 bridgehead atoms. The number of ether oxygens (including phenoxy) is 2.